The Morgan fingerprint density at radius 2 is 2.25 bits per heavy atom. The van der Waals surface area contributed by atoms with Crippen molar-refractivity contribution in [1.82, 2.24) is 4.90 Å². The molecule has 1 heterocycles. The van der Waals surface area contributed by atoms with Crippen molar-refractivity contribution in [2.75, 3.05) is 13.1 Å². The van der Waals surface area contributed by atoms with Gasteiger partial charge in [-0.25, -0.2) is 0 Å². The van der Waals surface area contributed by atoms with Crippen LogP contribution in [0.15, 0.2) is 0 Å². The van der Waals surface area contributed by atoms with Crippen molar-refractivity contribution in [1.29, 1.82) is 0 Å². The molecule has 0 aliphatic carbocycles. The highest BCUT2D eigenvalue weighted by molar-refractivity contribution is 4.75. The van der Waals surface area contributed by atoms with Gasteiger partial charge in [0, 0.05) is 6.54 Å². The highest BCUT2D eigenvalue weighted by atomic mass is 15.2. The molecule has 1 aliphatic heterocycles. The number of hydrogen-bond acceptors (Lipinski definition) is 1. The zero-order chi connectivity index (χ0) is 5.82. The van der Waals surface area contributed by atoms with Crippen molar-refractivity contribution in [2.45, 2.75) is 26.2 Å². The van der Waals surface area contributed by atoms with E-state index in [-0.39, 0.29) is 0 Å². The van der Waals surface area contributed by atoms with E-state index in [0.29, 0.717) is 0 Å². The summed E-state index contributed by atoms with van der Waals surface area (Å²) in [6.07, 6.45) is 3.96. The summed E-state index contributed by atoms with van der Waals surface area (Å²) in [6.45, 7) is 7.15. The fraction of sp³-hybridized carbons (Fsp3) is 0.857. The van der Waals surface area contributed by atoms with Crippen LogP contribution >= 0.6 is 0 Å². The zero-order valence-corrected chi connectivity index (χ0v) is 5.56. The molecular formula is C7H14N. The largest absolute Gasteiger partial charge is 0.299 e. The van der Waals surface area contributed by atoms with Gasteiger partial charge in [0.05, 0.1) is 0 Å². The molecule has 8 heavy (non-hydrogen) atoms. The third-order valence-corrected chi connectivity index (χ3v) is 1.57. The van der Waals surface area contributed by atoms with Gasteiger partial charge in [-0.15, -0.1) is 0 Å². The number of likely N-dealkylation sites (tertiary alicyclic amines) is 1. The standard InChI is InChI=1S/C7H14N/c1-2-3-5-8-6-4-7-8/h5H,2-4,6-7H2,1H3. The molecule has 0 aromatic heterocycles. The van der Waals surface area contributed by atoms with Crippen molar-refractivity contribution in [3.63, 3.8) is 0 Å². The lowest BCUT2D eigenvalue weighted by Crippen LogP contribution is -2.34. The molecule has 0 unspecified atom stereocenters. The lowest BCUT2D eigenvalue weighted by molar-refractivity contribution is 0.223. The molecule has 1 rings (SSSR count). The highest BCUT2D eigenvalue weighted by Gasteiger charge is 2.11. The Hall–Kier alpha value is -0.0400. The molecule has 1 radical (unpaired) electrons. The topological polar surface area (TPSA) is 3.24 Å². The monoisotopic (exact) mass is 112 g/mol. The van der Waals surface area contributed by atoms with Gasteiger partial charge < -0.3 is 0 Å². The molecule has 0 saturated carbocycles. The molecule has 0 N–H and O–H groups in total. The maximum atomic E-state index is 2.39. The number of rotatable bonds is 3. The first-order valence-electron chi connectivity index (χ1n) is 3.51. The molecule has 1 fully saturated rings. The second-order valence-corrected chi connectivity index (χ2v) is 2.36. The molecule has 1 saturated heterocycles. The summed E-state index contributed by atoms with van der Waals surface area (Å²) >= 11 is 0. The molecule has 47 valence electrons. The molecule has 0 aromatic rings. The van der Waals surface area contributed by atoms with Crippen LogP contribution < -0.4 is 0 Å². The second-order valence-electron chi connectivity index (χ2n) is 2.36. The number of hydrogen-bond donors (Lipinski definition) is 0. The van der Waals surface area contributed by atoms with Crippen LogP contribution in [-0.2, 0) is 0 Å². The van der Waals surface area contributed by atoms with E-state index in [2.05, 4.69) is 18.4 Å². The lowest BCUT2D eigenvalue weighted by atomic mass is 10.2. The van der Waals surface area contributed by atoms with Gasteiger partial charge in [0.25, 0.3) is 0 Å². The average molecular weight is 112 g/mol. The van der Waals surface area contributed by atoms with E-state index in [4.69, 9.17) is 0 Å². The first kappa shape index (κ1) is 6.09. The lowest BCUT2D eigenvalue weighted by Gasteiger charge is -2.29. The molecular weight excluding hydrogens is 98.1 g/mol. The van der Waals surface area contributed by atoms with Crippen LogP contribution in [0.4, 0.5) is 0 Å². The van der Waals surface area contributed by atoms with E-state index >= 15 is 0 Å². The van der Waals surface area contributed by atoms with E-state index in [1.165, 1.54) is 32.4 Å². The first-order valence-corrected chi connectivity index (χ1v) is 3.51. The fourth-order valence-corrected chi connectivity index (χ4v) is 0.835. The van der Waals surface area contributed by atoms with Crippen LogP contribution in [0.1, 0.15) is 26.2 Å². The Morgan fingerprint density at radius 3 is 2.62 bits per heavy atom. The summed E-state index contributed by atoms with van der Waals surface area (Å²) in [4.78, 5) is 2.39. The van der Waals surface area contributed by atoms with Crippen LogP contribution in [0.5, 0.6) is 0 Å². The van der Waals surface area contributed by atoms with Crippen molar-refractivity contribution in [3.8, 4) is 0 Å². The smallest absolute Gasteiger partial charge is 0.0251 e. The minimum Gasteiger partial charge on any atom is -0.299 e. The predicted octanol–water partition coefficient (Wildman–Crippen LogP) is 1.65. The molecule has 0 spiro atoms. The van der Waals surface area contributed by atoms with Gasteiger partial charge in [-0.2, -0.15) is 0 Å². The Bertz CT molecular complexity index is 57.4. The number of nitrogens with zero attached hydrogens (tertiary/aromatic N) is 1. The highest BCUT2D eigenvalue weighted by Crippen LogP contribution is 2.09. The summed E-state index contributed by atoms with van der Waals surface area (Å²) in [7, 11) is 0. The van der Waals surface area contributed by atoms with Gasteiger partial charge in [0.2, 0.25) is 0 Å². The van der Waals surface area contributed by atoms with E-state index in [1.807, 2.05) is 0 Å². The number of unbranched alkanes of at least 4 members (excludes halogenated alkanes) is 1. The SMILES string of the molecule is CCC[CH]N1CCC1. The van der Waals surface area contributed by atoms with E-state index < -0.39 is 0 Å². The normalized spacial score (nSPS) is 20.6. The fourth-order valence-electron chi connectivity index (χ4n) is 0.835. The molecule has 0 atom stereocenters. The zero-order valence-electron chi connectivity index (χ0n) is 5.56. The Morgan fingerprint density at radius 1 is 1.50 bits per heavy atom. The summed E-state index contributed by atoms with van der Waals surface area (Å²) in [5.41, 5.74) is 0. The van der Waals surface area contributed by atoms with Crippen molar-refractivity contribution in [3.05, 3.63) is 6.54 Å². The minimum absolute atomic E-state index is 1.26. The summed E-state index contributed by atoms with van der Waals surface area (Å²) < 4.78 is 0. The maximum Gasteiger partial charge on any atom is 0.0251 e. The van der Waals surface area contributed by atoms with Crippen molar-refractivity contribution in [2.24, 2.45) is 0 Å². The van der Waals surface area contributed by atoms with Crippen molar-refractivity contribution < 1.29 is 0 Å². The summed E-state index contributed by atoms with van der Waals surface area (Å²) in [6, 6.07) is 0. The Kier molecular flexibility index (Phi) is 2.34. The third-order valence-electron chi connectivity index (χ3n) is 1.57. The molecule has 1 heteroatoms. The van der Waals surface area contributed by atoms with Crippen LogP contribution in [0.3, 0.4) is 0 Å². The van der Waals surface area contributed by atoms with Crippen LogP contribution in [0.2, 0.25) is 0 Å². The van der Waals surface area contributed by atoms with Gasteiger partial charge in [-0.3, -0.25) is 4.90 Å². The van der Waals surface area contributed by atoms with Gasteiger partial charge in [-0.1, -0.05) is 13.3 Å². The molecule has 1 nitrogen and oxygen atoms in total. The summed E-state index contributed by atoms with van der Waals surface area (Å²) in [5, 5.41) is 0. The minimum atomic E-state index is 1.26. The van der Waals surface area contributed by atoms with Crippen LogP contribution in [0.25, 0.3) is 0 Å². The van der Waals surface area contributed by atoms with Crippen LogP contribution in [-0.4, -0.2) is 18.0 Å². The average Bonchev–Trinajstić information content (AvgIpc) is 1.63. The van der Waals surface area contributed by atoms with E-state index in [9.17, 15) is 0 Å². The van der Waals surface area contributed by atoms with Crippen molar-refractivity contribution >= 4 is 0 Å². The third kappa shape index (κ3) is 1.48. The molecule has 1 aliphatic rings. The van der Waals surface area contributed by atoms with Crippen LogP contribution in [0, 0.1) is 6.54 Å². The molecule has 0 aromatic carbocycles. The van der Waals surface area contributed by atoms with Gasteiger partial charge in [-0.05, 0) is 25.9 Å². The maximum absolute atomic E-state index is 2.39. The summed E-state index contributed by atoms with van der Waals surface area (Å²) in [5.74, 6) is 0. The molecule has 0 amide bonds. The second kappa shape index (κ2) is 3.08. The van der Waals surface area contributed by atoms with E-state index in [0.717, 1.165) is 0 Å². The van der Waals surface area contributed by atoms with Gasteiger partial charge >= 0.3 is 0 Å². The first-order chi connectivity index (χ1) is 3.93. The molecule has 0 bridgehead atoms. The Balaban J connectivity index is 1.86. The van der Waals surface area contributed by atoms with Gasteiger partial charge in [0.15, 0.2) is 0 Å². The van der Waals surface area contributed by atoms with Gasteiger partial charge in [0.1, 0.15) is 0 Å². The van der Waals surface area contributed by atoms with E-state index in [1.54, 1.807) is 0 Å². The quantitative estimate of drug-likeness (QED) is 0.536. The predicted molar refractivity (Wildman–Crippen MR) is 35.4 cm³/mol. The Labute approximate surface area is 51.7 Å².